The van der Waals surface area contributed by atoms with E-state index in [9.17, 15) is 4.79 Å². The molecule has 0 aromatic carbocycles. The summed E-state index contributed by atoms with van der Waals surface area (Å²) in [6.07, 6.45) is 6.53. The van der Waals surface area contributed by atoms with Crippen molar-refractivity contribution in [2.45, 2.75) is 12.0 Å². The number of rotatable bonds is 2. The normalized spacial score (nSPS) is 26.3. The molecule has 12 heavy (non-hydrogen) atoms. The second-order valence-electron chi connectivity index (χ2n) is 2.41. The summed E-state index contributed by atoms with van der Waals surface area (Å²) in [7, 11) is 0. The Hall–Kier alpha value is -1.74. The molecule has 1 N–H and O–H groups in total. The second-order valence-corrected chi connectivity index (χ2v) is 2.41. The van der Waals surface area contributed by atoms with Crippen molar-refractivity contribution < 1.29 is 9.90 Å². The van der Waals surface area contributed by atoms with Gasteiger partial charge in [0.2, 0.25) is 0 Å². The largest absolute Gasteiger partial charge is 0.480 e. The molecule has 0 saturated heterocycles. The monoisotopic (exact) mass is 165 g/mol. The van der Waals surface area contributed by atoms with Crippen molar-refractivity contribution >= 4 is 5.97 Å². The molecule has 0 heterocycles. The Morgan fingerprint density at radius 3 is 2.83 bits per heavy atom. The lowest BCUT2D eigenvalue weighted by atomic mass is 9.93. The lowest BCUT2D eigenvalue weighted by Gasteiger charge is -2.19. The number of aliphatic carboxylic acids is 1. The van der Waals surface area contributed by atoms with Gasteiger partial charge in [-0.1, -0.05) is 29.4 Å². The van der Waals surface area contributed by atoms with E-state index in [2.05, 4.69) is 10.0 Å². The van der Waals surface area contributed by atoms with Gasteiger partial charge in [-0.3, -0.25) is 4.79 Å². The van der Waals surface area contributed by atoms with E-state index in [4.69, 9.17) is 10.6 Å². The Morgan fingerprint density at radius 1 is 1.67 bits per heavy atom. The van der Waals surface area contributed by atoms with Gasteiger partial charge in [0.1, 0.15) is 0 Å². The highest BCUT2D eigenvalue weighted by molar-refractivity contribution is 5.82. The van der Waals surface area contributed by atoms with E-state index < -0.39 is 11.5 Å². The van der Waals surface area contributed by atoms with Crippen molar-refractivity contribution in [2.24, 2.45) is 5.11 Å². The van der Waals surface area contributed by atoms with Gasteiger partial charge in [-0.25, -0.2) is 0 Å². The third-order valence-corrected chi connectivity index (χ3v) is 1.64. The number of azide groups is 1. The summed E-state index contributed by atoms with van der Waals surface area (Å²) in [5.41, 5.74) is 6.76. The molecule has 1 atom stereocenters. The first-order valence-corrected chi connectivity index (χ1v) is 3.35. The summed E-state index contributed by atoms with van der Waals surface area (Å²) in [5, 5.41) is 12.0. The number of hydrogen-bond donors (Lipinski definition) is 1. The van der Waals surface area contributed by atoms with Crippen LogP contribution >= 0.6 is 0 Å². The van der Waals surface area contributed by atoms with E-state index in [1.54, 1.807) is 18.2 Å². The van der Waals surface area contributed by atoms with Gasteiger partial charge in [0.05, 0.1) is 0 Å². The van der Waals surface area contributed by atoms with E-state index in [-0.39, 0.29) is 6.42 Å². The number of nitrogens with zero attached hydrogens (tertiary/aromatic N) is 3. The molecular weight excluding hydrogens is 158 g/mol. The van der Waals surface area contributed by atoms with Crippen molar-refractivity contribution in [3.63, 3.8) is 0 Å². The van der Waals surface area contributed by atoms with Crippen LogP contribution in [0.15, 0.2) is 29.4 Å². The smallest absolute Gasteiger partial charge is 0.319 e. The minimum Gasteiger partial charge on any atom is -0.480 e. The summed E-state index contributed by atoms with van der Waals surface area (Å²) in [5.74, 6) is -1.12. The van der Waals surface area contributed by atoms with Crippen molar-refractivity contribution in [3.05, 3.63) is 34.7 Å². The maximum Gasteiger partial charge on any atom is 0.319 e. The molecule has 0 aromatic heterocycles. The van der Waals surface area contributed by atoms with Gasteiger partial charge in [0, 0.05) is 4.91 Å². The highest BCUT2D eigenvalue weighted by Gasteiger charge is 2.34. The number of carbonyl (C=O) groups is 1. The zero-order valence-electron chi connectivity index (χ0n) is 6.21. The molecule has 0 aromatic rings. The van der Waals surface area contributed by atoms with Crippen LogP contribution < -0.4 is 0 Å². The maximum absolute atomic E-state index is 10.7. The molecule has 0 saturated carbocycles. The first kappa shape index (κ1) is 8.36. The zero-order valence-corrected chi connectivity index (χ0v) is 6.21. The average Bonchev–Trinajstić information content (AvgIpc) is 2.06. The SMILES string of the molecule is [N-]=[N+]=NC1(C(=O)O)C=CC=CC1. The molecule has 0 spiro atoms. The Labute approximate surface area is 68.6 Å². The number of carboxylic acids is 1. The van der Waals surface area contributed by atoms with Crippen LogP contribution in [0.3, 0.4) is 0 Å². The quantitative estimate of drug-likeness (QED) is 0.383. The highest BCUT2D eigenvalue weighted by Crippen LogP contribution is 2.22. The van der Waals surface area contributed by atoms with Crippen LogP contribution in [-0.2, 0) is 4.79 Å². The van der Waals surface area contributed by atoms with Gasteiger partial charge in [-0.2, -0.15) is 0 Å². The van der Waals surface area contributed by atoms with Crippen molar-refractivity contribution in [1.29, 1.82) is 0 Å². The predicted molar refractivity (Wildman–Crippen MR) is 42.4 cm³/mol. The molecule has 0 amide bonds. The van der Waals surface area contributed by atoms with E-state index >= 15 is 0 Å². The molecule has 0 aliphatic heterocycles. The molecule has 1 aliphatic carbocycles. The van der Waals surface area contributed by atoms with Gasteiger partial charge >= 0.3 is 5.97 Å². The summed E-state index contributed by atoms with van der Waals surface area (Å²) in [4.78, 5) is 13.2. The van der Waals surface area contributed by atoms with Gasteiger partial charge < -0.3 is 5.11 Å². The fourth-order valence-corrected chi connectivity index (χ4v) is 0.964. The fraction of sp³-hybridized carbons (Fsp3) is 0.286. The van der Waals surface area contributed by atoms with Gasteiger partial charge in [0.25, 0.3) is 0 Å². The topological polar surface area (TPSA) is 86.1 Å². The van der Waals surface area contributed by atoms with E-state index in [0.717, 1.165) is 0 Å². The summed E-state index contributed by atoms with van der Waals surface area (Å²) in [6.45, 7) is 0. The first-order chi connectivity index (χ1) is 5.71. The molecule has 0 bridgehead atoms. The van der Waals surface area contributed by atoms with Crippen LogP contribution in [0.2, 0.25) is 0 Å². The Balaban J connectivity index is 3.03. The number of hydrogen-bond acceptors (Lipinski definition) is 2. The summed E-state index contributed by atoms with van der Waals surface area (Å²) in [6, 6.07) is 0. The van der Waals surface area contributed by atoms with Crippen molar-refractivity contribution in [1.82, 2.24) is 0 Å². The van der Waals surface area contributed by atoms with Crippen LogP contribution in [-0.4, -0.2) is 16.6 Å². The van der Waals surface area contributed by atoms with Gasteiger partial charge in [-0.15, -0.1) is 0 Å². The Bertz CT molecular complexity index is 298. The van der Waals surface area contributed by atoms with E-state index in [1.165, 1.54) is 6.08 Å². The Morgan fingerprint density at radius 2 is 2.42 bits per heavy atom. The molecule has 5 nitrogen and oxygen atoms in total. The van der Waals surface area contributed by atoms with E-state index in [0.29, 0.717) is 0 Å². The van der Waals surface area contributed by atoms with Crippen LogP contribution in [0.1, 0.15) is 6.42 Å². The van der Waals surface area contributed by atoms with Crippen LogP contribution in [0.25, 0.3) is 10.4 Å². The van der Waals surface area contributed by atoms with Crippen LogP contribution in [0.4, 0.5) is 0 Å². The standard InChI is InChI=1S/C7H7N3O2/c8-10-9-7(6(11)12)4-2-1-3-5-7/h1-4H,5H2,(H,11,12). The molecule has 1 aliphatic rings. The number of carboxylic acid groups (broad SMARTS) is 1. The molecule has 0 radical (unpaired) electrons. The highest BCUT2D eigenvalue weighted by atomic mass is 16.4. The molecule has 5 heteroatoms. The molecular formula is C7H7N3O2. The lowest BCUT2D eigenvalue weighted by Crippen LogP contribution is -2.34. The van der Waals surface area contributed by atoms with E-state index in [1.807, 2.05) is 0 Å². The minimum absolute atomic E-state index is 0.211. The predicted octanol–water partition coefficient (Wildman–Crippen LogP) is 1.64. The zero-order chi connectivity index (χ0) is 9.03. The molecule has 1 unspecified atom stereocenters. The fourth-order valence-electron chi connectivity index (χ4n) is 0.964. The molecule has 1 rings (SSSR count). The second kappa shape index (κ2) is 3.11. The third kappa shape index (κ3) is 1.31. The van der Waals surface area contributed by atoms with Crippen molar-refractivity contribution in [3.8, 4) is 0 Å². The lowest BCUT2D eigenvalue weighted by molar-refractivity contribution is -0.141. The van der Waals surface area contributed by atoms with Gasteiger partial charge in [-0.05, 0) is 12.0 Å². The van der Waals surface area contributed by atoms with Crippen molar-refractivity contribution in [2.75, 3.05) is 0 Å². The average molecular weight is 165 g/mol. The van der Waals surface area contributed by atoms with Gasteiger partial charge in [0.15, 0.2) is 5.54 Å². The molecule has 0 fully saturated rings. The third-order valence-electron chi connectivity index (χ3n) is 1.64. The summed E-state index contributed by atoms with van der Waals surface area (Å²) >= 11 is 0. The minimum atomic E-state index is -1.41. The number of allylic oxidation sites excluding steroid dienone is 2. The summed E-state index contributed by atoms with van der Waals surface area (Å²) < 4.78 is 0. The maximum atomic E-state index is 10.7. The van der Waals surface area contributed by atoms with Crippen LogP contribution in [0.5, 0.6) is 0 Å². The molecule has 62 valence electrons. The first-order valence-electron chi connectivity index (χ1n) is 3.35. The Kier molecular flexibility index (Phi) is 2.16. The van der Waals surface area contributed by atoms with Crippen LogP contribution in [0, 0.1) is 0 Å².